The minimum atomic E-state index is -0.708. The predicted molar refractivity (Wildman–Crippen MR) is 108 cm³/mol. The Morgan fingerprint density at radius 1 is 0.857 bits per heavy atom. The molecule has 0 aromatic heterocycles. The summed E-state index contributed by atoms with van der Waals surface area (Å²) in [4.78, 5) is 37.7. The van der Waals surface area contributed by atoms with Crippen molar-refractivity contribution < 1.29 is 19.1 Å². The third kappa shape index (κ3) is 5.78. The Kier molecular flexibility index (Phi) is 7.50. The smallest absolute Gasteiger partial charge is 0.411 e. The van der Waals surface area contributed by atoms with Crippen LogP contribution in [0, 0.1) is 0 Å². The molecule has 0 aliphatic rings. The van der Waals surface area contributed by atoms with Gasteiger partial charge in [0.15, 0.2) is 0 Å². The summed E-state index contributed by atoms with van der Waals surface area (Å²) < 4.78 is 5.65. The lowest BCUT2D eigenvalue weighted by molar-refractivity contribution is -0.109. The Balaban J connectivity index is 2.57. The molecule has 0 heterocycles. The van der Waals surface area contributed by atoms with E-state index in [-0.39, 0.29) is 12.8 Å². The molecule has 148 valence electrons. The molecular weight excluding hydrogens is 354 g/mol. The van der Waals surface area contributed by atoms with Crippen molar-refractivity contribution in [2.45, 2.75) is 51.3 Å². The van der Waals surface area contributed by atoms with Gasteiger partial charge in [-0.25, -0.2) is 4.79 Å². The molecule has 0 aliphatic carbocycles. The van der Waals surface area contributed by atoms with Gasteiger partial charge in [-0.3, -0.25) is 4.90 Å². The minimum absolute atomic E-state index is 0.103. The number of hydrogen-bond donors (Lipinski definition) is 0. The topological polar surface area (TPSA) is 63.7 Å². The highest BCUT2D eigenvalue weighted by atomic mass is 16.6. The molecule has 0 saturated heterocycles. The number of aldehydes is 2. The summed E-state index contributed by atoms with van der Waals surface area (Å²) in [5, 5.41) is 0. The lowest BCUT2D eigenvalue weighted by Crippen LogP contribution is -2.42. The van der Waals surface area contributed by atoms with Crippen LogP contribution in [0.5, 0.6) is 0 Å². The molecule has 1 unspecified atom stereocenters. The molecular formula is C23H27NO4. The SMILES string of the molecule is CC(C)(C)OC(=O)N(C(CC=O)c1ccccc1)[C@@H](CC=O)c1ccccc1. The zero-order chi connectivity index (χ0) is 20.6. The maximum absolute atomic E-state index is 13.2. The Bertz CT molecular complexity index is 715. The van der Waals surface area contributed by atoms with Crippen LogP contribution in [0.4, 0.5) is 4.79 Å². The van der Waals surface area contributed by atoms with Crippen LogP contribution in [-0.2, 0) is 14.3 Å². The summed E-state index contributed by atoms with van der Waals surface area (Å²) in [6.45, 7) is 5.37. The van der Waals surface area contributed by atoms with Gasteiger partial charge < -0.3 is 14.3 Å². The van der Waals surface area contributed by atoms with Crippen molar-refractivity contribution in [3.8, 4) is 0 Å². The van der Waals surface area contributed by atoms with Crippen LogP contribution in [0.1, 0.15) is 56.8 Å². The van der Waals surface area contributed by atoms with Crippen molar-refractivity contribution in [1.29, 1.82) is 0 Å². The Labute approximate surface area is 166 Å². The molecule has 2 aromatic carbocycles. The highest BCUT2D eigenvalue weighted by Gasteiger charge is 2.35. The monoisotopic (exact) mass is 381 g/mol. The van der Waals surface area contributed by atoms with Crippen LogP contribution < -0.4 is 0 Å². The van der Waals surface area contributed by atoms with Crippen LogP contribution in [0.15, 0.2) is 60.7 Å². The molecule has 2 atom stereocenters. The van der Waals surface area contributed by atoms with Crippen molar-refractivity contribution in [3.63, 3.8) is 0 Å². The molecule has 0 N–H and O–H groups in total. The van der Waals surface area contributed by atoms with E-state index in [4.69, 9.17) is 4.74 Å². The molecule has 0 radical (unpaired) electrons. The summed E-state index contributed by atoms with van der Waals surface area (Å²) in [6.07, 6.45) is 1.23. The van der Waals surface area contributed by atoms with E-state index < -0.39 is 23.8 Å². The fraction of sp³-hybridized carbons (Fsp3) is 0.348. The van der Waals surface area contributed by atoms with Gasteiger partial charge in [0.05, 0.1) is 12.1 Å². The summed E-state index contributed by atoms with van der Waals surface area (Å²) in [6, 6.07) is 17.6. The summed E-state index contributed by atoms with van der Waals surface area (Å²) in [5.41, 5.74) is 0.916. The number of carbonyl (C=O) groups is 3. The van der Waals surface area contributed by atoms with Crippen LogP contribution in [0.3, 0.4) is 0 Å². The van der Waals surface area contributed by atoms with Crippen LogP contribution in [-0.4, -0.2) is 29.2 Å². The van der Waals surface area contributed by atoms with Gasteiger partial charge >= 0.3 is 6.09 Å². The van der Waals surface area contributed by atoms with Gasteiger partial charge in [-0.15, -0.1) is 0 Å². The van der Waals surface area contributed by atoms with Gasteiger partial charge in [0.1, 0.15) is 18.2 Å². The number of amides is 1. The largest absolute Gasteiger partial charge is 0.444 e. The first-order valence-corrected chi connectivity index (χ1v) is 9.36. The minimum Gasteiger partial charge on any atom is -0.444 e. The summed E-state index contributed by atoms with van der Waals surface area (Å²) in [5.74, 6) is 0. The van der Waals surface area contributed by atoms with E-state index in [9.17, 15) is 14.4 Å². The fourth-order valence-corrected chi connectivity index (χ4v) is 3.14. The molecule has 0 fully saturated rings. The quantitative estimate of drug-likeness (QED) is 0.611. The first-order valence-electron chi connectivity index (χ1n) is 9.36. The standard InChI is InChI=1S/C23H27NO4/c1-23(2,3)28-22(27)24(20(14-16-25)18-10-6-4-7-11-18)21(15-17-26)19-12-8-5-9-13-19/h4-13,16-17,20-21H,14-15H2,1-3H3/t20-,21?/m0/s1. The second-order valence-corrected chi connectivity index (χ2v) is 7.55. The van der Waals surface area contributed by atoms with Crippen LogP contribution >= 0.6 is 0 Å². The molecule has 5 heteroatoms. The number of benzene rings is 2. The molecule has 0 saturated carbocycles. The van der Waals surface area contributed by atoms with E-state index in [1.165, 1.54) is 4.90 Å². The van der Waals surface area contributed by atoms with Gasteiger partial charge in [0.2, 0.25) is 0 Å². The van der Waals surface area contributed by atoms with Gasteiger partial charge in [0, 0.05) is 12.8 Å². The summed E-state index contributed by atoms with van der Waals surface area (Å²) >= 11 is 0. The molecule has 5 nitrogen and oxygen atoms in total. The fourth-order valence-electron chi connectivity index (χ4n) is 3.14. The third-order valence-corrected chi connectivity index (χ3v) is 4.28. The van der Waals surface area contributed by atoms with Gasteiger partial charge in [0.25, 0.3) is 0 Å². The first kappa shape index (κ1) is 21.4. The van der Waals surface area contributed by atoms with Crippen LogP contribution in [0.25, 0.3) is 0 Å². The molecule has 0 aliphatic heterocycles. The average Bonchev–Trinajstić information content (AvgIpc) is 2.67. The first-order chi connectivity index (χ1) is 13.4. The third-order valence-electron chi connectivity index (χ3n) is 4.28. The Morgan fingerprint density at radius 2 is 1.25 bits per heavy atom. The Hall–Kier alpha value is -2.95. The lowest BCUT2D eigenvalue weighted by Gasteiger charge is -2.38. The van der Waals surface area contributed by atoms with E-state index in [0.717, 1.165) is 23.7 Å². The molecule has 2 rings (SSSR count). The van der Waals surface area contributed by atoms with Crippen molar-refractivity contribution in [1.82, 2.24) is 4.90 Å². The highest BCUT2D eigenvalue weighted by molar-refractivity contribution is 5.71. The van der Waals surface area contributed by atoms with Crippen LogP contribution in [0.2, 0.25) is 0 Å². The van der Waals surface area contributed by atoms with Gasteiger partial charge in [-0.1, -0.05) is 60.7 Å². The number of nitrogens with zero attached hydrogens (tertiary/aromatic N) is 1. The van der Waals surface area contributed by atoms with E-state index in [0.29, 0.717) is 0 Å². The normalized spacial score (nSPS) is 13.2. The summed E-state index contributed by atoms with van der Waals surface area (Å²) in [7, 11) is 0. The van der Waals surface area contributed by atoms with E-state index >= 15 is 0 Å². The predicted octanol–water partition coefficient (Wildman–Crippen LogP) is 4.88. The number of rotatable bonds is 8. The van der Waals surface area contributed by atoms with E-state index in [1.54, 1.807) is 20.8 Å². The van der Waals surface area contributed by atoms with E-state index in [2.05, 4.69) is 0 Å². The molecule has 1 amide bonds. The van der Waals surface area contributed by atoms with Crippen molar-refractivity contribution in [2.24, 2.45) is 0 Å². The second kappa shape index (κ2) is 9.83. The van der Waals surface area contributed by atoms with Crippen molar-refractivity contribution in [2.75, 3.05) is 0 Å². The van der Waals surface area contributed by atoms with Gasteiger partial charge in [-0.05, 0) is 31.9 Å². The van der Waals surface area contributed by atoms with Gasteiger partial charge in [-0.2, -0.15) is 0 Å². The number of hydrogen-bond acceptors (Lipinski definition) is 4. The zero-order valence-corrected chi connectivity index (χ0v) is 16.6. The lowest BCUT2D eigenvalue weighted by atomic mass is 9.96. The molecule has 0 bridgehead atoms. The molecule has 2 aromatic rings. The number of ether oxygens (including phenoxy) is 1. The average molecular weight is 381 g/mol. The molecule has 28 heavy (non-hydrogen) atoms. The number of carbonyl (C=O) groups excluding carboxylic acids is 3. The maximum Gasteiger partial charge on any atom is 0.411 e. The van der Waals surface area contributed by atoms with Crippen molar-refractivity contribution in [3.05, 3.63) is 71.8 Å². The maximum atomic E-state index is 13.2. The zero-order valence-electron chi connectivity index (χ0n) is 16.6. The van der Waals surface area contributed by atoms with E-state index in [1.807, 2.05) is 60.7 Å². The highest BCUT2D eigenvalue weighted by Crippen LogP contribution is 2.35. The Morgan fingerprint density at radius 3 is 1.57 bits per heavy atom. The molecule has 0 spiro atoms. The van der Waals surface area contributed by atoms with Crippen molar-refractivity contribution >= 4 is 18.7 Å². The second-order valence-electron chi connectivity index (χ2n) is 7.55.